The molecule has 5 nitrogen and oxygen atoms in total. The first kappa shape index (κ1) is 11.3. The van der Waals surface area contributed by atoms with E-state index in [4.69, 9.17) is 23.1 Å². The van der Waals surface area contributed by atoms with E-state index >= 15 is 0 Å². The van der Waals surface area contributed by atoms with E-state index in [0.717, 1.165) is 16.5 Å². The number of fused-ring (bicyclic) bond motifs is 1. The highest BCUT2D eigenvalue weighted by atomic mass is 35.5. The number of nitrogens with zero attached hydrogens (tertiary/aromatic N) is 3. The van der Waals surface area contributed by atoms with Gasteiger partial charge in [-0.1, -0.05) is 11.6 Å². The summed E-state index contributed by atoms with van der Waals surface area (Å²) in [5.74, 6) is -0.0974. The van der Waals surface area contributed by atoms with E-state index in [2.05, 4.69) is 15.2 Å². The van der Waals surface area contributed by atoms with Crippen LogP contribution in [0.3, 0.4) is 0 Å². The van der Waals surface area contributed by atoms with Gasteiger partial charge in [-0.25, -0.2) is 0 Å². The number of aromatic nitrogens is 1. The van der Waals surface area contributed by atoms with E-state index in [-0.39, 0.29) is 5.96 Å². The topological polar surface area (TPSA) is 89.7 Å². The maximum atomic E-state index is 6.21. The van der Waals surface area contributed by atoms with Crippen LogP contribution < -0.4 is 11.5 Å². The van der Waals surface area contributed by atoms with Crippen LogP contribution in [0.1, 0.15) is 5.56 Å². The molecule has 0 aliphatic carbocycles. The summed E-state index contributed by atoms with van der Waals surface area (Å²) in [6.07, 6.45) is 3.21. The normalized spacial score (nSPS) is 10.9. The molecular weight excluding hydrogens is 238 g/mol. The van der Waals surface area contributed by atoms with Crippen molar-refractivity contribution in [3.05, 3.63) is 41.0 Å². The van der Waals surface area contributed by atoms with Crippen LogP contribution in [0.2, 0.25) is 5.02 Å². The fourth-order valence-electron chi connectivity index (χ4n) is 1.39. The highest BCUT2D eigenvalue weighted by molar-refractivity contribution is 6.37. The molecule has 0 fully saturated rings. The first-order valence-corrected chi connectivity index (χ1v) is 5.21. The third-order valence-electron chi connectivity index (χ3n) is 2.12. The highest BCUT2D eigenvalue weighted by Crippen LogP contribution is 2.24. The Morgan fingerprint density at radius 3 is 2.88 bits per heavy atom. The standard InChI is InChI=1S/C11H10ClN5/c12-10-7(6-16-17-11(13)14)3-4-9-8(10)2-1-5-15-9/h1-6H,(H4,13,14,17). The molecule has 0 saturated heterocycles. The van der Waals surface area contributed by atoms with Gasteiger partial charge in [0.05, 0.1) is 16.8 Å². The Bertz CT molecular complexity index is 602. The number of hydrogen-bond donors (Lipinski definition) is 2. The first-order valence-electron chi connectivity index (χ1n) is 4.83. The van der Waals surface area contributed by atoms with Gasteiger partial charge in [0, 0.05) is 17.1 Å². The predicted molar refractivity (Wildman–Crippen MR) is 70.2 cm³/mol. The van der Waals surface area contributed by atoms with E-state index in [1.54, 1.807) is 6.20 Å². The Balaban J connectivity index is 2.46. The van der Waals surface area contributed by atoms with Crippen LogP contribution in [0.15, 0.2) is 40.7 Å². The average molecular weight is 248 g/mol. The van der Waals surface area contributed by atoms with Gasteiger partial charge in [0.1, 0.15) is 0 Å². The summed E-state index contributed by atoms with van der Waals surface area (Å²) in [5, 5.41) is 8.66. The third-order valence-corrected chi connectivity index (χ3v) is 2.54. The van der Waals surface area contributed by atoms with Crippen molar-refractivity contribution < 1.29 is 0 Å². The van der Waals surface area contributed by atoms with Gasteiger partial charge in [-0.2, -0.15) is 5.10 Å². The molecule has 0 aliphatic heterocycles. The van der Waals surface area contributed by atoms with Crippen LogP contribution in [-0.4, -0.2) is 17.2 Å². The molecule has 1 heterocycles. The smallest absolute Gasteiger partial charge is 0.211 e. The number of pyridine rings is 1. The summed E-state index contributed by atoms with van der Waals surface area (Å²) >= 11 is 6.21. The van der Waals surface area contributed by atoms with Crippen LogP contribution >= 0.6 is 11.6 Å². The van der Waals surface area contributed by atoms with Crippen LogP contribution in [-0.2, 0) is 0 Å². The maximum absolute atomic E-state index is 6.21. The lowest BCUT2D eigenvalue weighted by molar-refractivity contribution is 1.21. The molecule has 0 atom stereocenters. The van der Waals surface area contributed by atoms with Crippen molar-refractivity contribution in [3.63, 3.8) is 0 Å². The van der Waals surface area contributed by atoms with Crippen molar-refractivity contribution in [2.24, 2.45) is 21.7 Å². The zero-order valence-corrected chi connectivity index (χ0v) is 9.59. The minimum absolute atomic E-state index is 0.0974. The Hall–Kier alpha value is -2.14. The monoisotopic (exact) mass is 247 g/mol. The molecule has 1 aromatic carbocycles. The van der Waals surface area contributed by atoms with Crippen molar-refractivity contribution >= 4 is 34.7 Å². The number of nitrogens with two attached hydrogens (primary N) is 2. The van der Waals surface area contributed by atoms with E-state index in [1.165, 1.54) is 6.21 Å². The molecule has 17 heavy (non-hydrogen) atoms. The number of rotatable bonds is 2. The first-order chi connectivity index (χ1) is 8.18. The van der Waals surface area contributed by atoms with E-state index in [1.807, 2.05) is 24.3 Å². The maximum Gasteiger partial charge on any atom is 0.211 e. The van der Waals surface area contributed by atoms with Crippen molar-refractivity contribution in [2.75, 3.05) is 0 Å². The second kappa shape index (κ2) is 4.80. The molecule has 0 radical (unpaired) electrons. The van der Waals surface area contributed by atoms with Crippen LogP contribution in [0.5, 0.6) is 0 Å². The molecule has 0 amide bonds. The molecule has 0 bridgehead atoms. The van der Waals surface area contributed by atoms with Crippen LogP contribution in [0, 0.1) is 0 Å². The largest absolute Gasteiger partial charge is 0.369 e. The van der Waals surface area contributed by atoms with E-state index < -0.39 is 0 Å². The minimum atomic E-state index is -0.0974. The lowest BCUT2D eigenvalue weighted by Crippen LogP contribution is -2.21. The fraction of sp³-hybridized carbons (Fsp3) is 0. The second-order valence-electron chi connectivity index (χ2n) is 3.31. The van der Waals surface area contributed by atoms with Gasteiger partial charge in [-0.3, -0.25) is 4.98 Å². The van der Waals surface area contributed by atoms with E-state index in [9.17, 15) is 0 Å². The number of hydrogen-bond acceptors (Lipinski definition) is 3. The quantitative estimate of drug-likeness (QED) is 0.479. The minimum Gasteiger partial charge on any atom is -0.369 e. The van der Waals surface area contributed by atoms with Gasteiger partial charge in [0.15, 0.2) is 0 Å². The summed E-state index contributed by atoms with van der Waals surface area (Å²) in [6.45, 7) is 0. The zero-order chi connectivity index (χ0) is 12.3. The van der Waals surface area contributed by atoms with Gasteiger partial charge < -0.3 is 11.5 Å². The lowest BCUT2D eigenvalue weighted by atomic mass is 10.1. The molecule has 0 spiro atoms. The molecule has 2 aromatic rings. The van der Waals surface area contributed by atoms with Gasteiger partial charge in [-0.15, -0.1) is 5.10 Å². The number of halogens is 1. The third kappa shape index (κ3) is 2.51. The van der Waals surface area contributed by atoms with Gasteiger partial charge in [-0.05, 0) is 24.3 Å². The van der Waals surface area contributed by atoms with Gasteiger partial charge >= 0.3 is 0 Å². The Kier molecular flexibility index (Phi) is 3.20. The van der Waals surface area contributed by atoms with Crippen molar-refractivity contribution in [1.82, 2.24) is 4.98 Å². The van der Waals surface area contributed by atoms with E-state index in [0.29, 0.717) is 5.02 Å². The number of benzene rings is 1. The Labute approximate surface area is 103 Å². The van der Waals surface area contributed by atoms with Crippen LogP contribution in [0.25, 0.3) is 10.9 Å². The molecule has 0 unspecified atom stereocenters. The second-order valence-corrected chi connectivity index (χ2v) is 3.69. The van der Waals surface area contributed by atoms with Gasteiger partial charge in [0.2, 0.25) is 5.96 Å². The summed E-state index contributed by atoms with van der Waals surface area (Å²) in [6, 6.07) is 7.38. The zero-order valence-electron chi connectivity index (χ0n) is 8.84. The van der Waals surface area contributed by atoms with Crippen LogP contribution in [0.4, 0.5) is 0 Å². The molecule has 2 rings (SSSR count). The average Bonchev–Trinajstić information content (AvgIpc) is 2.32. The molecule has 0 aliphatic rings. The summed E-state index contributed by atoms with van der Waals surface area (Å²) in [7, 11) is 0. The van der Waals surface area contributed by atoms with Crippen molar-refractivity contribution in [2.45, 2.75) is 0 Å². The summed E-state index contributed by atoms with van der Waals surface area (Å²) in [4.78, 5) is 4.20. The molecular formula is C11H10ClN5. The summed E-state index contributed by atoms with van der Waals surface area (Å²) < 4.78 is 0. The predicted octanol–water partition coefficient (Wildman–Crippen LogP) is 1.50. The lowest BCUT2D eigenvalue weighted by Gasteiger charge is -2.01. The number of guanidine groups is 1. The fourth-order valence-corrected chi connectivity index (χ4v) is 1.66. The molecule has 6 heteroatoms. The van der Waals surface area contributed by atoms with Gasteiger partial charge in [0.25, 0.3) is 0 Å². The molecule has 0 saturated carbocycles. The Morgan fingerprint density at radius 1 is 1.29 bits per heavy atom. The molecule has 86 valence electrons. The highest BCUT2D eigenvalue weighted by Gasteiger charge is 2.03. The molecule has 1 aromatic heterocycles. The molecule has 4 N–H and O–H groups in total. The van der Waals surface area contributed by atoms with Crippen molar-refractivity contribution in [3.8, 4) is 0 Å². The van der Waals surface area contributed by atoms with Crippen molar-refractivity contribution in [1.29, 1.82) is 0 Å². The Morgan fingerprint density at radius 2 is 2.12 bits per heavy atom. The SMILES string of the molecule is NC(N)=NN=Cc1ccc2ncccc2c1Cl. The summed E-state index contributed by atoms with van der Waals surface area (Å²) in [5.41, 5.74) is 11.9.